The third kappa shape index (κ3) is 8.76. The molecule has 6 aromatic rings. The van der Waals surface area contributed by atoms with Gasteiger partial charge >= 0.3 is 0 Å². The molecule has 0 spiro atoms. The molecule has 0 N–H and O–H groups in total. The molecule has 6 nitrogen and oxygen atoms in total. The van der Waals surface area contributed by atoms with Crippen LogP contribution in [0, 0.1) is 0 Å². The van der Waals surface area contributed by atoms with Crippen LogP contribution in [0.4, 0.5) is 0 Å². The molecule has 0 aliphatic carbocycles. The summed E-state index contributed by atoms with van der Waals surface area (Å²) in [6, 6.07) is 42.0. The maximum atomic E-state index is 6.02. The first kappa shape index (κ1) is 32.6. The molecule has 50 heavy (non-hydrogen) atoms. The summed E-state index contributed by atoms with van der Waals surface area (Å²) < 4.78 is 34.0. The zero-order chi connectivity index (χ0) is 33.5. The highest BCUT2D eigenvalue weighted by molar-refractivity contribution is 7.19. The second kappa shape index (κ2) is 15.5. The zero-order valence-corrected chi connectivity index (χ0v) is 29.3. The highest BCUT2D eigenvalue weighted by Gasteiger charge is 2.23. The predicted octanol–water partition coefficient (Wildman–Crippen LogP) is 10.3. The molecule has 4 heterocycles. The van der Waals surface area contributed by atoms with Crippen LogP contribution >= 0.6 is 22.7 Å². The van der Waals surface area contributed by atoms with Gasteiger partial charge in [0.2, 0.25) is 0 Å². The van der Waals surface area contributed by atoms with Gasteiger partial charge in [-0.25, -0.2) is 0 Å². The Bertz CT molecular complexity index is 1810. The summed E-state index contributed by atoms with van der Waals surface area (Å²) in [6.07, 6.45) is 2.37. The fourth-order valence-electron chi connectivity index (χ4n) is 5.45. The van der Waals surface area contributed by atoms with Gasteiger partial charge in [0.25, 0.3) is 0 Å². The molecule has 2 aliphatic rings. The second-order valence-corrected chi connectivity index (χ2v) is 14.5. The molecule has 2 unspecified atom stereocenters. The summed E-state index contributed by atoms with van der Waals surface area (Å²) in [4.78, 5) is 4.93. The minimum absolute atomic E-state index is 0.263. The molecule has 254 valence electrons. The molecule has 0 bridgehead atoms. The van der Waals surface area contributed by atoms with Crippen LogP contribution in [0.25, 0.3) is 41.8 Å². The standard InChI is InChI=1S/C42H38O6S2/c1(23-43-33-11-3-29(4-12-33)39-19-21-41(49-39)31-7-15-35(16-8-31)45-25-37-27-47-37)2-24-44-34-13-5-30(6-14-34)40-20-22-42(50-40)32-9-17-36(18-10-32)46-26-38-28-48-38/h3-22,37-38H,1-2,23-28H2. The predicted molar refractivity (Wildman–Crippen MR) is 201 cm³/mol. The molecule has 2 aliphatic heterocycles. The largest absolute Gasteiger partial charge is 0.494 e. The summed E-state index contributed by atoms with van der Waals surface area (Å²) in [6.45, 7) is 4.17. The second-order valence-electron chi connectivity index (χ2n) is 12.4. The molecule has 0 radical (unpaired) electrons. The SMILES string of the molecule is c1cc(-c2ccc(-c3ccc(OCC4CO4)cc3)s2)ccc1OCCCCOc1ccc(-c2ccc(-c3ccc(OCC4CO4)cc3)s2)cc1. The molecule has 2 aromatic heterocycles. The Morgan fingerprint density at radius 1 is 0.400 bits per heavy atom. The number of thiophene rings is 2. The van der Waals surface area contributed by atoms with E-state index in [-0.39, 0.29) is 12.2 Å². The van der Waals surface area contributed by atoms with Gasteiger partial charge in [0.05, 0.1) is 26.4 Å². The van der Waals surface area contributed by atoms with Crippen LogP contribution in [-0.2, 0) is 9.47 Å². The van der Waals surface area contributed by atoms with Gasteiger partial charge in [-0.2, -0.15) is 0 Å². The summed E-state index contributed by atoms with van der Waals surface area (Å²) in [5, 5.41) is 0. The highest BCUT2D eigenvalue weighted by atomic mass is 32.1. The zero-order valence-electron chi connectivity index (χ0n) is 27.6. The number of hydrogen-bond acceptors (Lipinski definition) is 8. The topological polar surface area (TPSA) is 62.0 Å². The Labute approximate surface area is 300 Å². The number of rotatable bonds is 17. The van der Waals surface area contributed by atoms with Crippen LogP contribution in [0.2, 0.25) is 0 Å². The van der Waals surface area contributed by atoms with E-state index in [9.17, 15) is 0 Å². The van der Waals surface area contributed by atoms with Gasteiger partial charge < -0.3 is 28.4 Å². The summed E-state index contributed by atoms with van der Waals surface area (Å²) in [7, 11) is 0. The number of ether oxygens (including phenoxy) is 6. The number of benzene rings is 4. The Hall–Kier alpha value is -4.60. The lowest BCUT2D eigenvalue weighted by molar-refractivity contribution is 0.263. The first-order valence-corrected chi connectivity index (χ1v) is 18.7. The van der Waals surface area contributed by atoms with Gasteiger partial charge in [0, 0.05) is 19.5 Å². The van der Waals surface area contributed by atoms with Crippen LogP contribution in [0.1, 0.15) is 12.8 Å². The fourth-order valence-corrected chi connectivity index (χ4v) is 7.48. The van der Waals surface area contributed by atoms with Gasteiger partial charge in [-0.15, -0.1) is 22.7 Å². The van der Waals surface area contributed by atoms with Crippen molar-refractivity contribution in [1.82, 2.24) is 0 Å². The highest BCUT2D eigenvalue weighted by Crippen LogP contribution is 2.37. The quantitative estimate of drug-likeness (QED) is 0.0697. The lowest BCUT2D eigenvalue weighted by atomic mass is 10.1. The number of epoxide rings is 2. The minimum atomic E-state index is 0.263. The van der Waals surface area contributed by atoms with Crippen molar-refractivity contribution in [1.29, 1.82) is 0 Å². The summed E-state index contributed by atoms with van der Waals surface area (Å²) in [5.74, 6) is 3.53. The molecule has 2 atom stereocenters. The van der Waals surface area contributed by atoms with E-state index < -0.39 is 0 Å². The van der Waals surface area contributed by atoms with Gasteiger partial charge in [0.1, 0.15) is 48.4 Å². The molecule has 8 heteroatoms. The van der Waals surface area contributed by atoms with Crippen molar-refractivity contribution in [3.63, 3.8) is 0 Å². The van der Waals surface area contributed by atoms with Gasteiger partial charge in [-0.1, -0.05) is 0 Å². The van der Waals surface area contributed by atoms with E-state index in [1.165, 1.54) is 41.8 Å². The van der Waals surface area contributed by atoms with E-state index in [1.54, 1.807) is 22.7 Å². The third-order valence-corrected chi connectivity index (χ3v) is 10.9. The maximum Gasteiger partial charge on any atom is 0.119 e. The smallest absolute Gasteiger partial charge is 0.119 e. The van der Waals surface area contributed by atoms with Crippen LogP contribution in [0.3, 0.4) is 0 Å². The molecule has 4 aromatic carbocycles. The normalized spacial score (nSPS) is 16.2. The van der Waals surface area contributed by atoms with E-state index in [1.807, 2.05) is 24.3 Å². The first-order valence-electron chi connectivity index (χ1n) is 17.1. The van der Waals surface area contributed by atoms with Gasteiger partial charge in [-0.3, -0.25) is 0 Å². The molecule has 0 saturated carbocycles. The lowest BCUT2D eigenvalue weighted by Crippen LogP contribution is -2.03. The Balaban J connectivity index is 0.741. The third-order valence-electron chi connectivity index (χ3n) is 8.52. The van der Waals surface area contributed by atoms with Crippen molar-refractivity contribution < 1.29 is 28.4 Å². The average Bonchev–Trinajstić information content (AvgIpc) is 4.08. The number of hydrogen-bond donors (Lipinski definition) is 0. The maximum absolute atomic E-state index is 6.02. The molecule has 2 fully saturated rings. The van der Waals surface area contributed by atoms with Crippen LogP contribution in [-0.4, -0.2) is 51.8 Å². The summed E-state index contributed by atoms with van der Waals surface area (Å²) >= 11 is 3.57. The molecule has 8 rings (SSSR count). The average molecular weight is 703 g/mol. The fraction of sp³-hybridized carbons (Fsp3) is 0.238. The number of unbranched alkanes of at least 4 members (excludes halogenated alkanes) is 1. The lowest BCUT2D eigenvalue weighted by Gasteiger charge is -2.09. The van der Waals surface area contributed by atoms with Crippen molar-refractivity contribution >= 4 is 22.7 Å². The van der Waals surface area contributed by atoms with Crippen LogP contribution in [0.15, 0.2) is 121 Å². The van der Waals surface area contributed by atoms with Crippen molar-refractivity contribution in [3.05, 3.63) is 121 Å². The molecule has 0 amide bonds. The van der Waals surface area contributed by atoms with Gasteiger partial charge in [0.15, 0.2) is 0 Å². The van der Waals surface area contributed by atoms with E-state index in [0.29, 0.717) is 26.4 Å². The molecular weight excluding hydrogens is 665 g/mol. The minimum Gasteiger partial charge on any atom is -0.494 e. The van der Waals surface area contributed by atoms with Crippen molar-refractivity contribution in [3.8, 4) is 64.8 Å². The van der Waals surface area contributed by atoms with Crippen molar-refractivity contribution in [2.75, 3.05) is 39.6 Å². The van der Waals surface area contributed by atoms with E-state index in [0.717, 1.165) is 49.1 Å². The van der Waals surface area contributed by atoms with Gasteiger partial charge in [-0.05, 0) is 156 Å². The summed E-state index contributed by atoms with van der Waals surface area (Å²) in [5.41, 5.74) is 4.75. The van der Waals surface area contributed by atoms with E-state index in [4.69, 9.17) is 28.4 Å². The monoisotopic (exact) mass is 702 g/mol. The van der Waals surface area contributed by atoms with E-state index >= 15 is 0 Å². The molecule has 2 saturated heterocycles. The first-order chi connectivity index (χ1) is 24.7. The van der Waals surface area contributed by atoms with Crippen molar-refractivity contribution in [2.24, 2.45) is 0 Å². The van der Waals surface area contributed by atoms with Crippen molar-refractivity contribution in [2.45, 2.75) is 25.0 Å². The Morgan fingerprint density at radius 2 is 0.680 bits per heavy atom. The molecular formula is C42H38O6S2. The Kier molecular flexibility index (Phi) is 10.1. The van der Waals surface area contributed by atoms with Crippen LogP contribution in [0.5, 0.6) is 23.0 Å². The van der Waals surface area contributed by atoms with E-state index in [2.05, 4.69) is 97.1 Å². The van der Waals surface area contributed by atoms with Crippen LogP contribution < -0.4 is 18.9 Å². The Morgan fingerprint density at radius 3 is 0.960 bits per heavy atom.